The molecule has 0 atom stereocenters. The van der Waals surface area contributed by atoms with Gasteiger partial charge in [0.25, 0.3) is 15.9 Å². The molecule has 0 saturated heterocycles. The van der Waals surface area contributed by atoms with Crippen LogP contribution in [0, 0.1) is 19.7 Å². The van der Waals surface area contributed by atoms with Crippen LogP contribution in [0.25, 0.3) is 0 Å². The molecule has 2 N–H and O–H groups in total. The average molecular weight is 350 g/mol. The fraction of sp³-hybridized carbons (Fsp3) is 0.188. The maximum atomic E-state index is 13.6. The summed E-state index contributed by atoms with van der Waals surface area (Å²) in [5, 5.41) is 2.61. The highest BCUT2D eigenvalue weighted by Gasteiger charge is 2.23. The Morgan fingerprint density at radius 1 is 1.17 bits per heavy atom. The Labute approximate surface area is 138 Å². The van der Waals surface area contributed by atoms with Crippen LogP contribution < -0.4 is 14.8 Å². The van der Waals surface area contributed by atoms with Gasteiger partial charge < -0.3 is 10.1 Å². The highest BCUT2D eigenvalue weighted by molar-refractivity contribution is 7.92. The van der Waals surface area contributed by atoms with Crippen molar-refractivity contribution in [2.45, 2.75) is 18.7 Å². The van der Waals surface area contributed by atoms with E-state index in [1.165, 1.54) is 24.3 Å². The quantitative estimate of drug-likeness (QED) is 0.891. The number of hydrogen-bond acceptors (Lipinski definition) is 4. The Balaban J connectivity index is 1.97. The van der Waals surface area contributed by atoms with Crippen molar-refractivity contribution in [3.8, 4) is 5.75 Å². The Hall–Kier alpha value is -2.61. The molecule has 0 unspecified atom stereocenters. The van der Waals surface area contributed by atoms with Gasteiger partial charge in [0.15, 0.2) is 6.61 Å². The topological polar surface area (TPSA) is 84.5 Å². The zero-order valence-electron chi connectivity index (χ0n) is 13.0. The minimum atomic E-state index is -3.93. The number of amides is 1. The summed E-state index contributed by atoms with van der Waals surface area (Å²) in [6, 6.07) is 6.97. The molecule has 24 heavy (non-hydrogen) atoms. The van der Waals surface area contributed by atoms with Crippen LogP contribution in [-0.2, 0) is 14.8 Å². The molecule has 0 saturated carbocycles. The number of carbonyl (C=O) groups excluding carboxylic acids is 1. The number of rotatable bonds is 3. The lowest BCUT2D eigenvalue weighted by atomic mass is 10.2. The van der Waals surface area contributed by atoms with Crippen LogP contribution >= 0.6 is 0 Å². The maximum absolute atomic E-state index is 13.6. The van der Waals surface area contributed by atoms with Gasteiger partial charge in [-0.1, -0.05) is 6.07 Å². The van der Waals surface area contributed by atoms with Gasteiger partial charge in [0, 0.05) is 6.07 Å². The van der Waals surface area contributed by atoms with Crippen molar-refractivity contribution >= 4 is 27.3 Å². The number of hydrogen-bond donors (Lipinski definition) is 2. The third-order valence-electron chi connectivity index (χ3n) is 3.62. The third-order valence-corrected chi connectivity index (χ3v) is 5.15. The Kier molecular flexibility index (Phi) is 3.92. The Bertz CT molecular complexity index is 941. The zero-order chi connectivity index (χ0) is 17.5. The first-order chi connectivity index (χ1) is 11.3. The first-order valence-corrected chi connectivity index (χ1v) is 8.61. The molecule has 0 spiro atoms. The standard InChI is InChI=1S/C16H15FN2O4S/c1-9-3-4-11(6-12(9)17)19-24(21,22)15-7-14-13(5-10(15)2)18-16(20)8-23-14/h3-7,19H,8H2,1-2H3,(H,18,20). The smallest absolute Gasteiger partial charge is 0.262 e. The van der Waals surface area contributed by atoms with E-state index in [1.54, 1.807) is 13.8 Å². The van der Waals surface area contributed by atoms with E-state index in [1.807, 2.05) is 0 Å². The first-order valence-electron chi connectivity index (χ1n) is 7.12. The van der Waals surface area contributed by atoms with Crippen molar-refractivity contribution in [2.24, 2.45) is 0 Å². The van der Waals surface area contributed by atoms with Gasteiger partial charge in [-0.25, -0.2) is 12.8 Å². The van der Waals surface area contributed by atoms with Crippen molar-refractivity contribution in [2.75, 3.05) is 16.6 Å². The van der Waals surface area contributed by atoms with Gasteiger partial charge >= 0.3 is 0 Å². The van der Waals surface area contributed by atoms with Crippen LogP contribution in [0.1, 0.15) is 11.1 Å². The number of halogens is 1. The minimum Gasteiger partial charge on any atom is -0.482 e. The predicted octanol–water partition coefficient (Wildman–Crippen LogP) is 2.57. The third kappa shape index (κ3) is 3.05. The van der Waals surface area contributed by atoms with Crippen LogP contribution in [-0.4, -0.2) is 20.9 Å². The van der Waals surface area contributed by atoms with Crippen molar-refractivity contribution in [1.29, 1.82) is 0 Å². The van der Waals surface area contributed by atoms with Gasteiger partial charge in [0.05, 0.1) is 16.3 Å². The van der Waals surface area contributed by atoms with E-state index in [9.17, 15) is 17.6 Å². The van der Waals surface area contributed by atoms with Gasteiger partial charge in [0.1, 0.15) is 11.6 Å². The lowest BCUT2D eigenvalue weighted by molar-refractivity contribution is -0.118. The molecule has 8 heteroatoms. The molecule has 3 rings (SSSR count). The van der Waals surface area contributed by atoms with E-state index in [0.29, 0.717) is 16.8 Å². The van der Waals surface area contributed by atoms with Crippen LogP contribution in [0.4, 0.5) is 15.8 Å². The van der Waals surface area contributed by atoms with E-state index in [-0.39, 0.29) is 28.8 Å². The molecule has 0 aromatic heterocycles. The SMILES string of the molecule is Cc1ccc(NS(=O)(=O)c2cc3c(cc2C)NC(=O)CO3)cc1F. The molecule has 6 nitrogen and oxygen atoms in total. The molecule has 0 bridgehead atoms. The molecule has 1 aliphatic rings. The average Bonchev–Trinajstić information content (AvgIpc) is 2.49. The van der Waals surface area contributed by atoms with Gasteiger partial charge in [-0.2, -0.15) is 0 Å². The van der Waals surface area contributed by atoms with E-state index < -0.39 is 15.8 Å². The largest absolute Gasteiger partial charge is 0.482 e. The molecule has 0 radical (unpaired) electrons. The van der Waals surface area contributed by atoms with E-state index in [0.717, 1.165) is 6.07 Å². The number of carbonyl (C=O) groups is 1. The number of fused-ring (bicyclic) bond motifs is 1. The van der Waals surface area contributed by atoms with Crippen molar-refractivity contribution in [3.63, 3.8) is 0 Å². The lowest BCUT2D eigenvalue weighted by Gasteiger charge is -2.20. The van der Waals surface area contributed by atoms with E-state index >= 15 is 0 Å². The monoisotopic (exact) mass is 350 g/mol. The molecule has 1 amide bonds. The number of nitrogens with one attached hydrogen (secondary N) is 2. The Morgan fingerprint density at radius 3 is 2.62 bits per heavy atom. The molecular formula is C16H15FN2O4S. The van der Waals surface area contributed by atoms with Gasteiger partial charge in [-0.15, -0.1) is 0 Å². The fourth-order valence-corrected chi connectivity index (χ4v) is 3.66. The minimum absolute atomic E-state index is 0.00150. The summed E-state index contributed by atoms with van der Waals surface area (Å²) < 4.78 is 46.4. The summed E-state index contributed by atoms with van der Waals surface area (Å²) in [5.41, 5.74) is 1.40. The van der Waals surface area contributed by atoms with Crippen molar-refractivity contribution in [3.05, 3.63) is 47.3 Å². The normalized spacial score (nSPS) is 13.7. The van der Waals surface area contributed by atoms with Crippen LogP contribution in [0.15, 0.2) is 35.2 Å². The summed E-state index contributed by atoms with van der Waals surface area (Å²) in [7, 11) is -3.93. The first kappa shape index (κ1) is 16.3. The maximum Gasteiger partial charge on any atom is 0.262 e. The van der Waals surface area contributed by atoms with Crippen molar-refractivity contribution in [1.82, 2.24) is 0 Å². The van der Waals surface area contributed by atoms with Gasteiger partial charge in [-0.3, -0.25) is 9.52 Å². The molecule has 0 fully saturated rings. The molecule has 0 aliphatic carbocycles. The zero-order valence-corrected chi connectivity index (χ0v) is 13.8. The van der Waals surface area contributed by atoms with Gasteiger partial charge in [0.2, 0.25) is 0 Å². The summed E-state index contributed by atoms with van der Waals surface area (Å²) in [6.45, 7) is 3.02. The van der Waals surface area contributed by atoms with Crippen LogP contribution in [0.2, 0.25) is 0 Å². The molecule has 1 aliphatic heterocycles. The predicted molar refractivity (Wildman–Crippen MR) is 87.2 cm³/mol. The molecule has 2 aromatic carbocycles. The van der Waals surface area contributed by atoms with E-state index in [4.69, 9.17) is 4.74 Å². The van der Waals surface area contributed by atoms with Crippen LogP contribution in [0.3, 0.4) is 0 Å². The highest BCUT2D eigenvalue weighted by Crippen LogP contribution is 2.33. The summed E-state index contributed by atoms with van der Waals surface area (Å²) >= 11 is 0. The lowest BCUT2D eigenvalue weighted by Crippen LogP contribution is -2.26. The second-order valence-electron chi connectivity index (χ2n) is 5.52. The summed E-state index contributed by atoms with van der Waals surface area (Å²) in [6.07, 6.45) is 0. The number of ether oxygens (including phenoxy) is 1. The second kappa shape index (κ2) is 5.79. The molecule has 2 aromatic rings. The van der Waals surface area contributed by atoms with E-state index in [2.05, 4.69) is 10.0 Å². The Morgan fingerprint density at radius 2 is 1.92 bits per heavy atom. The number of sulfonamides is 1. The molecular weight excluding hydrogens is 335 g/mol. The highest BCUT2D eigenvalue weighted by atomic mass is 32.2. The van der Waals surface area contributed by atoms with Gasteiger partial charge in [-0.05, 0) is 43.2 Å². The molecule has 1 heterocycles. The number of anilines is 2. The number of aryl methyl sites for hydroxylation is 2. The van der Waals surface area contributed by atoms with Crippen molar-refractivity contribution < 1.29 is 22.3 Å². The molecule has 126 valence electrons. The second-order valence-corrected chi connectivity index (χ2v) is 7.17. The fourth-order valence-electron chi connectivity index (χ4n) is 2.37. The van der Waals surface area contributed by atoms with Crippen LogP contribution in [0.5, 0.6) is 5.75 Å². The summed E-state index contributed by atoms with van der Waals surface area (Å²) in [4.78, 5) is 11.3. The number of benzene rings is 2. The summed E-state index contributed by atoms with van der Waals surface area (Å²) in [5.74, 6) is -0.523.